The Bertz CT molecular complexity index is 647. The molecule has 0 aromatic heterocycles. The molecule has 0 radical (unpaired) electrons. The maximum Gasteiger partial charge on any atom is -0.693 e. The molecular weight excluding hydrogens is 838 g/mol. The first-order chi connectivity index (χ1) is 22.0. The van der Waals surface area contributed by atoms with Crippen LogP contribution in [0, 0.1) is 47.3 Å². The molecule has 0 aliphatic rings. The van der Waals surface area contributed by atoms with Gasteiger partial charge in [0.05, 0.1) is 0 Å². The molecule has 0 saturated carbocycles. The van der Waals surface area contributed by atoms with Crippen LogP contribution in [0.5, 0.6) is 0 Å². The largest absolute Gasteiger partial charge is 0.693 e. The molecule has 6 N–H and O–H groups in total. The van der Waals surface area contributed by atoms with Crippen molar-refractivity contribution in [1.29, 1.82) is 0 Å². The molecule has 6 atom stereocenters. The summed E-state index contributed by atoms with van der Waals surface area (Å²) < 4.78 is 0. The predicted molar refractivity (Wildman–Crippen MR) is 215 cm³/mol. The van der Waals surface area contributed by atoms with E-state index in [1.54, 1.807) is 0 Å². The van der Waals surface area contributed by atoms with Gasteiger partial charge in [0, 0.05) is 12.8 Å². The quantitative estimate of drug-likeness (QED) is 0.0806. The van der Waals surface area contributed by atoms with Crippen molar-refractivity contribution in [3.63, 3.8) is 0 Å². The number of rotatable bonds is 28. The Morgan fingerprint density at radius 2 is 0.571 bits per heavy atom. The van der Waals surface area contributed by atoms with Crippen molar-refractivity contribution in [2.24, 2.45) is 47.3 Å². The molecule has 0 rings (SSSR count). The summed E-state index contributed by atoms with van der Waals surface area (Å²) in [6.07, 6.45) is 24.0. The van der Waals surface area contributed by atoms with Crippen molar-refractivity contribution in [3.8, 4) is 0 Å². The van der Waals surface area contributed by atoms with E-state index in [2.05, 4.69) is 69.2 Å². The number of nitrogens with two attached hydrogens (primary N) is 2. The zero-order valence-corrected chi connectivity index (χ0v) is 37.5. The molecule has 9 heteroatoms. The number of hydrogen-bond acceptors (Lipinski definition) is 2. The predicted octanol–water partition coefficient (Wildman–Crippen LogP) is 15.9. The van der Waals surface area contributed by atoms with Gasteiger partial charge in [-0.1, -0.05) is 185 Å². The summed E-state index contributed by atoms with van der Waals surface area (Å²) in [6.45, 7) is 22.9. The summed E-state index contributed by atoms with van der Waals surface area (Å²) in [6, 6.07) is 0. The fraction of sp³-hybridized carbons (Fsp3) is 0.950. The normalized spacial score (nSPS) is 14.6. The molecule has 0 saturated heterocycles. The zero-order chi connectivity index (χ0) is 36.6. The zero-order valence-electron chi connectivity index (χ0n) is 33.7. The number of carboxylic acid groups (broad SMARTS) is 2. The van der Waals surface area contributed by atoms with Gasteiger partial charge in [-0.3, -0.25) is 9.59 Å². The standard InChI is InChI=1S/2C20H40O2.2ClH.2H2N.Pt/c2*1-16(2)9-6-10-17(3)11-7-12-18(4)13-8-14-19(5)15-20(21)22;;;;;/h2*16-19H,6-15H2,1-5H3,(H,21,22);2*1H;2*1H2;/q;;;;2*-1;+4/p-2. The van der Waals surface area contributed by atoms with Gasteiger partial charge in [-0.2, -0.15) is 0 Å². The molecule has 0 heterocycles. The molecule has 0 spiro atoms. The smallest absolute Gasteiger partial charge is 0.693 e. The molecule has 302 valence electrons. The fourth-order valence-electron chi connectivity index (χ4n) is 6.39. The van der Waals surface area contributed by atoms with Crippen LogP contribution >= 0.6 is 18.8 Å². The first-order valence-corrected chi connectivity index (χ1v) is 24.9. The minimum absolute atomic E-state index is 0. The minimum Gasteiger partial charge on any atom is -0.693 e. The van der Waals surface area contributed by atoms with Crippen LogP contribution in [-0.2, 0) is 26.1 Å². The van der Waals surface area contributed by atoms with Gasteiger partial charge in [-0.15, -0.1) is 0 Å². The van der Waals surface area contributed by atoms with Crippen LogP contribution in [0.2, 0.25) is 0 Å². The van der Waals surface area contributed by atoms with Crippen molar-refractivity contribution < 1.29 is 36.3 Å². The second-order valence-electron chi connectivity index (χ2n) is 16.2. The average molecular weight is 923 g/mol. The van der Waals surface area contributed by atoms with E-state index in [-0.39, 0.29) is 12.3 Å². The molecule has 49 heavy (non-hydrogen) atoms. The van der Waals surface area contributed by atoms with E-state index >= 15 is 0 Å². The van der Waals surface area contributed by atoms with Crippen LogP contribution in [0.4, 0.5) is 0 Å². The molecule has 0 aliphatic heterocycles. The number of carbonyl (C=O) groups is 2. The van der Waals surface area contributed by atoms with E-state index < -0.39 is 28.4 Å². The maximum atomic E-state index is 10.6. The molecule has 6 unspecified atom stereocenters. The molecule has 0 aromatic rings. The van der Waals surface area contributed by atoms with Crippen molar-refractivity contribution >= 4 is 30.8 Å². The van der Waals surface area contributed by atoms with Crippen LogP contribution in [0.1, 0.15) is 198 Å². The second-order valence-corrected chi connectivity index (χ2v) is 19.5. The van der Waals surface area contributed by atoms with Gasteiger partial charge in [0.2, 0.25) is 0 Å². The molecule has 0 amide bonds. The molecular formula is C40H84Cl2N2O4Pt. The van der Waals surface area contributed by atoms with Gasteiger partial charge < -0.3 is 22.5 Å². The number of carboxylic acids is 2. The third kappa shape index (κ3) is 52.6. The summed E-state index contributed by atoms with van der Waals surface area (Å²) >= 11 is -0.472. The minimum atomic E-state index is -0.660. The van der Waals surface area contributed by atoms with Crippen LogP contribution in [0.3, 0.4) is 0 Å². The Kier molecular flexibility index (Phi) is 48.8. The summed E-state index contributed by atoms with van der Waals surface area (Å²) in [4.78, 5) is 21.2. The van der Waals surface area contributed by atoms with Crippen LogP contribution in [0.25, 0.3) is 12.3 Å². The topological polar surface area (TPSA) is 142 Å². The summed E-state index contributed by atoms with van der Waals surface area (Å²) in [5.41, 5.74) is 0. The molecule has 0 aromatic carbocycles. The molecule has 0 fully saturated rings. The summed E-state index contributed by atoms with van der Waals surface area (Å²) in [5.74, 6) is 4.35. The summed E-state index contributed by atoms with van der Waals surface area (Å²) in [7, 11) is 9.75. The van der Waals surface area contributed by atoms with Crippen LogP contribution in [-0.4, -0.2) is 22.2 Å². The number of halogens is 2. The van der Waals surface area contributed by atoms with Crippen molar-refractivity contribution in [1.82, 2.24) is 0 Å². The van der Waals surface area contributed by atoms with Gasteiger partial charge in [0.15, 0.2) is 0 Å². The van der Waals surface area contributed by atoms with Crippen molar-refractivity contribution in [2.75, 3.05) is 0 Å². The first kappa shape index (κ1) is 58.4. The third-order valence-corrected chi connectivity index (χ3v) is 9.58. The van der Waals surface area contributed by atoms with E-state index in [1.807, 2.05) is 0 Å². The second kappa shape index (κ2) is 40.9. The third-order valence-electron chi connectivity index (χ3n) is 9.58. The number of aliphatic carboxylic acids is 2. The monoisotopic (exact) mass is 922 g/mol. The maximum absolute atomic E-state index is 10.6. The van der Waals surface area contributed by atoms with Gasteiger partial charge in [0.1, 0.15) is 0 Å². The van der Waals surface area contributed by atoms with Gasteiger partial charge in [-0.25, -0.2) is 0 Å². The Labute approximate surface area is 322 Å². The molecule has 6 nitrogen and oxygen atoms in total. The Balaban J connectivity index is -0.000000235. The average Bonchev–Trinajstić information content (AvgIpc) is 2.92. The van der Waals surface area contributed by atoms with Crippen LogP contribution < -0.4 is 0 Å². The number of hydrogen-bond donors (Lipinski definition) is 2. The Morgan fingerprint density at radius 1 is 0.408 bits per heavy atom. The fourth-order valence-corrected chi connectivity index (χ4v) is 6.39. The van der Waals surface area contributed by atoms with E-state index in [9.17, 15) is 9.59 Å². The Hall–Kier alpha value is 0.128. The van der Waals surface area contributed by atoms with E-state index in [1.165, 1.54) is 103 Å². The van der Waals surface area contributed by atoms with E-state index in [0.29, 0.717) is 24.7 Å². The summed E-state index contributed by atoms with van der Waals surface area (Å²) in [5, 5.41) is 17.5. The van der Waals surface area contributed by atoms with Gasteiger partial charge in [-0.05, 0) is 47.3 Å². The Morgan fingerprint density at radius 3 is 0.735 bits per heavy atom. The van der Waals surface area contributed by atoms with Crippen LogP contribution in [0.15, 0.2) is 0 Å². The first-order valence-electron chi connectivity index (χ1n) is 19.3. The van der Waals surface area contributed by atoms with Gasteiger partial charge >= 0.3 is 47.3 Å². The molecule has 0 bridgehead atoms. The van der Waals surface area contributed by atoms with Crippen molar-refractivity contribution in [3.05, 3.63) is 12.3 Å². The SMILES string of the molecule is CC(C)CCCC(C)CCCC(C)CCCC(C)CC(=O)O.CC(C)CCCC(C)CCCC(C)CCCC(C)CC(=O)O.[Cl][Pt+2][Cl].[NH2-].[NH2-]. The molecule has 0 aliphatic carbocycles. The van der Waals surface area contributed by atoms with Crippen molar-refractivity contribution in [2.45, 2.75) is 198 Å². The van der Waals surface area contributed by atoms with Gasteiger partial charge in [0.25, 0.3) is 0 Å². The van der Waals surface area contributed by atoms with E-state index in [4.69, 9.17) is 29.0 Å². The van der Waals surface area contributed by atoms with E-state index in [0.717, 1.165) is 48.3 Å².